The molecule has 29 heavy (non-hydrogen) atoms. The van der Waals surface area contributed by atoms with Crippen LogP contribution in [0.5, 0.6) is 0 Å². The van der Waals surface area contributed by atoms with Crippen molar-refractivity contribution in [2.75, 3.05) is 26.2 Å². The summed E-state index contributed by atoms with van der Waals surface area (Å²) in [6.07, 6.45) is 4.53. The second-order valence-corrected chi connectivity index (χ2v) is 9.36. The molecule has 1 N–H and O–H groups in total. The SMILES string of the molecule is CC(C)CC(=O)N1Cc2ccccc2CC1C(=O)N1CCC2(CCNC2)CC1.Cl. The lowest BCUT2D eigenvalue weighted by Gasteiger charge is -2.43. The van der Waals surface area contributed by atoms with Gasteiger partial charge in [0.25, 0.3) is 0 Å². The van der Waals surface area contributed by atoms with Crippen molar-refractivity contribution in [2.45, 2.75) is 58.5 Å². The van der Waals surface area contributed by atoms with Gasteiger partial charge >= 0.3 is 0 Å². The van der Waals surface area contributed by atoms with E-state index in [9.17, 15) is 9.59 Å². The van der Waals surface area contributed by atoms with Crippen molar-refractivity contribution in [1.29, 1.82) is 0 Å². The molecular weight excluding hydrogens is 386 g/mol. The molecule has 3 aliphatic rings. The van der Waals surface area contributed by atoms with Gasteiger partial charge in [-0.1, -0.05) is 38.1 Å². The molecule has 5 nitrogen and oxygen atoms in total. The first-order valence-electron chi connectivity index (χ1n) is 10.8. The Bertz CT molecular complexity index is 735. The van der Waals surface area contributed by atoms with Gasteiger partial charge in [-0.25, -0.2) is 0 Å². The van der Waals surface area contributed by atoms with Gasteiger partial charge in [-0.3, -0.25) is 9.59 Å². The highest BCUT2D eigenvalue weighted by atomic mass is 35.5. The second-order valence-electron chi connectivity index (χ2n) is 9.36. The lowest BCUT2D eigenvalue weighted by Crippen LogP contribution is -2.56. The van der Waals surface area contributed by atoms with E-state index in [2.05, 4.69) is 31.3 Å². The summed E-state index contributed by atoms with van der Waals surface area (Å²) < 4.78 is 0. The predicted molar refractivity (Wildman–Crippen MR) is 117 cm³/mol. The van der Waals surface area contributed by atoms with Crippen LogP contribution in [0.1, 0.15) is 50.7 Å². The molecule has 0 saturated carbocycles. The number of fused-ring (bicyclic) bond motifs is 1. The fourth-order valence-electron chi connectivity index (χ4n) is 5.11. The van der Waals surface area contributed by atoms with E-state index in [0.717, 1.165) is 39.0 Å². The van der Waals surface area contributed by atoms with Gasteiger partial charge < -0.3 is 15.1 Å². The largest absolute Gasteiger partial charge is 0.341 e. The molecule has 3 aliphatic heterocycles. The fraction of sp³-hybridized carbons (Fsp3) is 0.652. The first-order chi connectivity index (χ1) is 13.5. The zero-order chi connectivity index (χ0) is 19.7. The van der Waals surface area contributed by atoms with E-state index in [1.165, 1.54) is 17.5 Å². The third-order valence-electron chi connectivity index (χ3n) is 6.90. The zero-order valence-corrected chi connectivity index (χ0v) is 18.5. The van der Waals surface area contributed by atoms with Gasteiger partial charge in [0.15, 0.2) is 0 Å². The summed E-state index contributed by atoms with van der Waals surface area (Å²) in [5.41, 5.74) is 2.78. The fourth-order valence-corrected chi connectivity index (χ4v) is 5.11. The lowest BCUT2D eigenvalue weighted by molar-refractivity contribution is -0.149. The number of hydrogen-bond donors (Lipinski definition) is 1. The maximum atomic E-state index is 13.5. The highest BCUT2D eigenvalue weighted by Crippen LogP contribution is 2.37. The Labute approximate surface area is 180 Å². The Morgan fingerprint density at radius 2 is 1.83 bits per heavy atom. The van der Waals surface area contributed by atoms with Crippen LogP contribution in [0.3, 0.4) is 0 Å². The molecule has 0 aliphatic carbocycles. The molecule has 2 saturated heterocycles. The Morgan fingerprint density at radius 1 is 1.14 bits per heavy atom. The third kappa shape index (κ3) is 4.61. The number of carbonyl (C=O) groups is 2. The first kappa shape index (κ1) is 22.1. The highest BCUT2D eigenvalue weighted by molar-refractivity contribution is 5.88. The number of benzene rings is 1. The second kappa shape index (κ2) is 9.05. The molecule has 1 aromatic carbocycles. The number of carbonyl (C=O) groups excluding carboxylic acids is 2. The minimum absolute atomic E-state index is 0. The van der Waals surface area contributed by atoms with Crippen LogP contribution in [0, 0.1) is 11.3 Å². The summed E-state index contributed by atoms with van der Waals surface area (Å²) in [6.45, 7) is 8.52. The number of amides is 2. The van der Waals surface area contributed by atoms with E-state index >= 15 is 0 Å². The van der Waals surface area contributed by atoms with Gasteiger partial charge in [-0.05, 0) is 48.3 Å². The van der Waals surface area contributed by atoms with Gasteiger partial charge in [0.1, 0.15) is 6.04 Å². The number of piperidine rings is 1. The summed E-state index contributed by atoms with van der Waals surface area (Å²) in [6, 6.07) is 7.89. The van der Waals surface area contributed by atoms with E-state index in [0.29, 0.717) is 30.7 Å². The van der Waals surface area contributed by atoms with Gasteiger partial charge in [-0.15, -0.1) is 12.4 Å². The van der Waals surface area contributed by atoms with Crippen molar-refractivity contribution in [3.05, 3.63) is 35.4 Å². The van der Waals surface area contributed by atoms with Crippen LogP contribution in [0.4, 0.5) is 0 Å². The van der Waals surface area contributed by atoms with Crippen molar-refractivity contribution in [1.82, 2.24) is 15.1 Å². The van der Waals surface area contributed by atoms with Crippen molar-refractivity contribution in [2.24, 2.45) is 11.3 Å². The van der Waals surface area contributed by atoms with Crippen LogP contribution >= 0.6 is 12.4 Å². The summed E-state index contributed by atoms with van der Waals surface area (Å²) in [4.78, 5) is 30.3. The molecule has 1 aromatic rings. The Kier molecular flexibility index (Phi) is 6.90. The Hall–Kier alpha value is -1.59. The molecule has 0 bridgehead atoms. The molecule has 0 radical (unpaired) electrons. The molecule has 1 atom stereocenters. The molecule has 160 valence electrons. The molecule has 2 amide bonds. The highest BCUT2D eigenvalue weighted by Gasteiger charge is 2.41. The molecular formula is C23H34ClN3O2. The molecule has 1 unspecified atom stereocenters. The van der Waals surface area contributed by atoms with Crippen LogP contribution in [0.25, 0.3) is 0 Å². The number of likely N-dealkylation sites (tertiary alicyclic amines) is 1. The third-order valence-corrected chi connectivity index (χ3v) is 6.90. The standard InChI is InChI=1S/C23H33N3O2.ClH/c1-17(2)13-21(27)26-15-19-6-4-3-5-18(19)14-20(26)22(28)25-11-8-23(9-12-25)7-10-24-16-23;/h3-6,17,20,24H,7-16H2,1-2H3;1H. The maximum Gasteiger partial charge on any atom is 0.245 e. The summed E-state index contributed by atoms with van der Waals surface area (Å²) in [7, 11) is 0. The minimum Gasteiger partial charge on any atom is -0.341 e. The lowest BCUT2D eigenvalue weighted by atomic mass is 9.77. The molecule has 6 heteroatoms. The zero-order valence-electron chi connectivity index (χ0n) is 17.7. The van der Waals surface area contributed by atoms with E-state index in [1.54, 1.807) is 0 Å². The van der Waals surface area contributed by atoms with E-state index in [4.69, 9.17) is 0 Å². The monoisotopic (exact) mass is 419 g/mol. The predicted octanol–water partition coefficient (Wildman–Crippen LogP) is 3.01. The molecule has 0 aromatic heterocycles. The van der Waals surface area contributed by atoms with Crippen LogP contribution in [-0.4, -0.2) is 53.8 Å². The quantitative estimate of drug-likeness (QED) is 0.819. The van der Waals surface area contributed by atoms with E-state index in [-0.39, 0.29) is 30.3 Å². The molecule has 4 rings (SSSR count). The number of rotatable bonds is 3. The minimum atomic E-state index is -0.350. The van der Waals surface area contributed by atoms with Gasteiger partial charge in [0.05, 0.1) is 0 Å². The number of nitrogens with zero attached hydrogens (tertiary/aromatic N) is 2. The van der Waals surface area contributed by atoms with Crippen molar-refractivity contribution in [3.8, 4) is 0 Å². The first-order valence-corrected chi connectivity index (χ1v) is 10.8. The normalized spacial score (nSPS) is 23.1. The topological polar surface area (TPSA) is 52.7 Å². The summed E-state index contributed by atoms with van der Waals surface area (Å²) >= 11 is 0. The summed E-state index contributed by atoms with van der Waals surface area (Å²) in [5, 5.41) is 3.49. The van der Waals surface area contributed by atoms with E-state index in [1.807, 2.05) is 21.9 Å². The van der Waals surface area contributed by atoms with Gasteiger partial charge in [-0.2, -0.15) is 0 Å². The molecule has 3 heterocycles. The van der Waals surface area contributed by atoms with E-state index < -0.39 is 0 Å². The van der Waals surface area contributed by atoms with Gasteiger partial charge in [0, 0.05) is 39.0 Å². The van der Waals surface area contributed by atoms with Crippen molar-refractivity contribution >= 4 is 24.2 Å². The van der Waals surface area contributed by atoms with Crippen LogP contribution in [0.2, 0.25) is 0 Å². The van der Waals surface area contributed by atoms with Gasteiger partial charge in [0.2, 0.25) is 11.8 Å². The van der Waals surface area contributed by atoms with Crippen LogP contribution < -0.4 is 5.32 Å². The number of nitrogens with one attached hydrogen (secondary N) is 1. The molecule has 1 spiro atoms. The average Bonchev–Trinajstić information content (AvgIpc) is 3.14. The number of halogens is 1. The Balaban J connectivity index is 0.00000240. The number of hydrogen-bond acceptors (Lipinski definition) is 3. The maximum absolute atomic E-state index is 13.5. The smallest absolute Gasteiger partial charge is 0.245 e. The van der Waals surface area contributed by atoms with Crippen LogP contribution in [-0.2, 0) is 22.6 Å². The molecule has 2 fully saturated rings. The van der Waals surface area contributed by atoms with Crippen molar-refractivity contribution < 1.29 is 9.59 Å². The summed E-state index contributed by atoms with van der Waals surface area (Å²) in [5.74, 6) is 0.550. The Morgan fingerprint density at radius 3 is 2.45 bits per heavy atom. The van der Waals surface area contributed by atoms with Crippen LogP contribution in [0.15, 0.2) is 24.3 Å². The average molecular weight is 420 g/mol. The van der Waals surface area contributed by atoms with Crippen molar-refractivity contribution in [3.63, 3.8) is 0 Å².